The van der Waals surface area contributed by atoms with Crippen LogP contribution in [0.5, 0.6) is 0 Å². The number of hydrogen-bond acceptors (Lipinski definition) is 5. The minimum Gasteiger partial charge on any atom is -0.460 e. The molecular weight excluding hydrogens is 268 g/mol. The Kier molecular flexibility index (Phi) is 4.57. The van der Waals surface area contributed by atoms with Crippen molar-refractivity contribution in [3.8, 4) is 0 Å². The number of rotatable bonds is 5. The van der Waals surface area contributed by atoms with Gasteiger partial charge in [0.25, 0.3) is 0 Å². The van der Waals surface area contributed by atoms with E-state index in [0.717, 1.165) is 11.5 Å². The molecule has 0 aliphatic carbocycles. The second-order valence-corrected chi connectivity index (χ2v) is 6.12. The van der Waals surface area contributed by atoms with Crippen molar-refractivity contribution in [1.82, 2.24) is 19.9 Å². The maximum Gasteiger partial charge on any atom is 0.307 e. The lowest BCUT2D eigenvalue weighted by Crippen LogP contribution is -2.32. The number of nitrogens with zero attached hydrogens (tertiary/aromatic N) is 3. The Morgan fingerprint density at radius 3 is 2.86 bits per heavy atom. The largest absolute Gasteiger partial charge is 0.460 e. The molecule has 2 heterocycles. The van der Waals surface area contributed by atoms with Crippen molar-refractivity contribution in [3.05, 3.63) is 30.2 Å². The summed E-state index contributed by atoms with van der Waals surface area (Å²) < 4.78 is 7.23. The SMILES string of the molecule is CC(CC(=O)OC(C)(C)C)NCc1nnc2ccccn12. The lowest BCUT2D eigenvalue weighted by Gasteiger charge is -2.21. The molecule has 0 radical (unpaired) electrons. The second kappa shape index (κ2) is 6.22. The molecule has 2 aromatic rings. The van der Waals surface area contributed by atoms with E-state index in [1.807, 2.05) is 56.5 Å². The van der Waals surface area contributed by atoms with Gasteiger partial charge in [0, 0.05) is 12.2 Å². The Hall–Kier alpha value is -1.95. The van der Waals surface area contributed by atoms with Crippen LogP contribution in [-0.4, -0.2) is 32.2 Å². The molecule has 1 unspecified atom stereocenters. The van der Waals surface area contributed by atoms with Gasteiger partial charge in [-0.15, -0.1) is 10.2 Å². The molecule has 1 N–H and O–H groups in total. The molecule has 6 heteroatoms. The molecule has 0 aliphatic rings. The number of esters is 1. The van der Waals surface area contributed by atoms with E-state index >= 15 is 0 Å². The molecule has 6 nitrogen and oxygen atoms in total. The van der Waals surface area contributed by atoms with Gasteiger partial charge in [0.15, 0.2) is 11.5 Å². The number of carbonyl (C=O) groups excluding carboxylic acids is 1. The van der Waals surface area contributed by atoms with Crippen LogP contribution in [0.4, 0.5) is 0 Å². The quantitative estimate of drug-likeness (QED) is 0.852. The third kappa shape index (κ3) is 4.53. The summed E-state index contributed by atoms with van der Waals surface area (Å²) >= 11 is 0. The fourth-order valence-corrected chi connectivity index (χ4v) is 1.98. The van der Waals surface area contributed by atoms with Gasteiger partial charge in [-0.25, -0.2) is 0 Å². The topological polar surface area (TPSA) is 68.5 Å². The van der Waals surface area contributed by atoms with Gasteiger partial charge < -0.3 is 10.1 Å². The molecular formula is C15H22N4O2. The van der Waals surface area contributed by atoms with Crippen LogP contribution in [0.25, 0.3) is 5.65 Å². The first-order chi connectivity index (χ1) is 9.85. The summed E-state index contributed by atoms with van der Waals surface area (Å²) in [5.74, 6) is 0.621. The monoisotopic (exact) mass is 290 g/mol. The van der Waals surface area contributed by atoms with Gasteiger partial charge in [0.1, 0.15) is 5.60 Å². The van der Waals surface area contributed by atoms with Crippen molar-refractivity contribution in [2.24, 2.45) is 0 Å². The maximum absolute atomic E-state index is 11.7. The highest BCUT2D eigenvalue weighted by atomic mass is 16.6. The predicted octanol–water partition coefficient (Wildman–Crippen LogP) is 1.94. The van der Waals surface area contributed by atoms with Gasteiger partial charge in [0.05, 0.1) is 13.0 Å². The molecule has 0 aliphatic heterocycles. The summed E-state index contributed by atoms with van der Waals surface area (Å²) in [6, 6.07) is 5.77. The molecule has 0 amide bonds. The first-order valence-corrected chi connectivity index (χ1v) is 7.09. The first kappa shape index (κ1) is 15.4. The Balaban J connectivity index is 1.87. The summed E-state index contributed by atoms with van der Waals surface area (Å²) in [6.07, 6.45) is 2.25. The number of aromatic nitrogens is 3. The number of pyridine rings is 1. The van der Waals surface area contributed by atoms with Crippen LogP contribution in [0.3, 0.4) is 0 Å². The Bertz CT molecular complexity index is 615. The number of nitrogens with one attached hydrogen (secondary N) is 1. The van der Waals surface area contributed by atoms with Crippen molar-refractivity contribution in [1.29, 1.82) is 0 Å². The van der Waals surface area contributed by atoms with Crippen molar-refractivity contribution >= 4 is 11.6 Å². The van der Waals surface area contributed by atoms with E-state index in [4.69, 9.17) is 4.74 Å². The van der Waals surface area contributed by atoms with Gasteiger partial charge in [-0.1, -0.05) is 6.07 Å². The average molecular weight is 290 g/mol. The lowest BCUT2D eigenvalue weighted by atomic mass is 10.2. The average Bonchev–Trinajstić information content (AvgIpc) is 2.77. The third-order valence-corrected chi connectivity index (χ3v) is 2.89. The minimum absolute atomic E-state index is 0.0101. The van der Waals surface area contributed by atoms with E-state index in [-0.39, 0.29) is 12.0 Å². The molecule has 0 fully saturated rings. The highest BCUT2D eigenvalue weighted by Gasteiger charge is 2.18. The van der Waals surface area contributed by atoms with Crippen LogP contribution in [-0.2, 0) is 16.1 Å². The fourth-order valence-electron chi connectivity index (χ4n) is 1.98. The van der Waals surface area contributed by atoms with E-state index in [0.29, 0.717) is 13.0 Å². The molecule has 0 aromatic carbocycles. The Morgan fingerprint density at radius 1 is 1.38 bits per heavy atom. The van der Waals surface area contributed by atoms with Crippen LogP contribution in [0.1, 0.15) is 39.9 Å². The van der Waals surface area contributed by atoms with Crippen molar-refractivity contribution in [3.63, 3.8) is 0 Å². The Labute approximate surface area is 124 Å². The number of fused-ring (bicyclic) bond motifs is 1. The van der Waals surface area contributed by atoms with Gasteiger partial charge >= 0.3 is 5.97 Å². The van der Waals surface area contributed by atoms with Crippen LogP contribution in [0, 0.1) is 0 Å². The maximum atomic E-state index is 11.7. The van der Waals surface area contributed by atoms with Crippen molar-refractivity contribution < 1.29 is 9.53 Å². The summed E-state index contributed by atoms with van der Waals surface area (Å²) in [7, 11) is 0. The van der Waals surface area contributed by atoms with Crippen LogP contribution in [0.15, 0.2) is 24.4 Å². The number of hydrogen-bond donors (Lipinski definition) is 1. The van der Waals surface area contributed by atoms with Gasteiger partial charge in [-0.05, 0) is 39.8 Å². The molecule has 2 rings (SSSR count). The third-order valence-electron chi connectivity index (χ3n) is 2.89. The summed E-state index contributed by atoms with van der Waals surface area (Å²) in [4.78, 5) is 11.7. The fraction of sp³-hybridized carbons (Fsp3) is 0.533. The van der Waals surface area contributed by atoms with E-state index in [9.17, 15) is 4.79 Å². The molecule has 114 valence electrons. The molecule has 2 aromatic heterocycles. The summed E-state index contributed by atoms with van der Waals surface area (Å²) in [5.41, 5.74) is 0.370. The standard InChI is InChI=1S/C15H22N4O2/c1-11(9-14(20)21-15(2,3)4)16-10-13-18-17-12-7-5-6-8-19(12)13/h5-8,11,16H,9-10H2,1-4H3. The van der Waals surface area contributed by atoms with Crippen LogP contribution >= 0.6 is 0 Å². The van der Waals surface area contributed by atoms with E-state index in [1.165, 1.54) is 0 Å². The number of ether oxygens (including phenoxy) is 1. The summed E-state index contributed by atoms with van der Waals surface area (Å²) in [6.45, 7) is 8.10. The Morgan fingerprint density at radius 2 is 2.14 bits per heavy atom. The normalized spacial score (nSPS) is 13.3. The van der Waals surface area contributed by atoms with Crippen LogP contribution < -0.4 is 5.32 Å². The highest BCUT2D eigenvalue weighted by molar-refractivity contribution is 5.70. The number of carbonyl (C=O) groups is 1. The van der Waals surface area contributed by atoms with Gasteiger partial charge in [-0.3, -0.25) is 9.20 Å². The molecule has 0 bridgehead atoms. The minimum atomic E-state index is -0.444. The highest BCUT2D eigenvalue weighted by Crippen LogP contribution is 2.09. The first-order valence-electron chi connectivity index (χ1n) is 7.09. The second-order valence-electron chi connectivity index (χ2n) is 6.12. The zero-order chi connectivity index (χ0) is 15.5. The molecule has 0 spiro atoms. The predicted molar refractivity (Wildman–Crippen MR) is 79.8 cm³/mol. The molecule has 21 heavy (non-hydrogen) atoms. The summed E-state index contributed by atoms with van der Waals surface area (Å²) in [5, 5.41) is 11.5. The molecule has 0 saturated heterocycles. The van der Waals surface area contributed by atoms with Crippen molar-refractivity contribution in [2.75, 3.05) is 0 Å². The lowest BCUT2D eigenvalue weighted by molar-refractivity contribution is -0.155. The van der Waals surface area contributed by atoms with E-state index in [1.54, 1.807) is 0 Å². The smallest absolute Gasteiger partial charge is 0.307 e. The van der Waals surface area contributed by atoms with Crippen molar-refractivity contribution in [2.45, 2.75) is 52.3 Å². The van der Waals surface area contributed by atoms with Gasteiger partial charge in [-0.2, -0.15) is 0 Å². The zero-order valence-electron chi connectivity index (χ0n) is 13.0. The van der Waals surface area contributed by atoms with E-state index < -0.39 is 5.60 Å². The molecule has 1 atom stereocenters. The van der Waals surface area contributed by atoms with Crippen LogP contribution in [0.2, 0.25) is 0 Å². The van der Waals surface area contributed by atoms with E-state index in [2.05, 4.69) is 15.5 Å². The zero-order valence-corrected chi connectivity index (χ0v) is 13.0. The van der Waals surface area contributed by atoms with Gasteiger partial charge in [0.2, 0.25) is 0 Å². The molecule has 0 saturated carbocycles.